The third kappa shape index (κ3) is 5.19. The maximum atomic E-state index is 4.19. The lowest BCUT2D eigenvalue weighted by Gasteiger charge is -2.30. The predicted molar refractivity (Wildman–Crippen MR) is 75.4 cm³/mol. The molecule has 0 radical (unpaired) electrons. The summed E-state index contributed by atoms with van der Waals surface area (Å²) in [5, 5.41) is 3.36. The van der Waals surface area contributed by atoms with Gasteiger partial charge in [0.1, 0.15) is 0 Å². The lowest BCUT2D eigenvalue weighted by atomic mass is 10.1. The Hall–Kier alpha value is -0.380. The van der Waals surface area contributed by atoms with Crippen molar-refractivity contribution in [2.24, 2.45) is 0 Å². The minimum absolute atomic E-state index is 0.695. The van der Waals surface area contributed by atoms with E-state index < -0.39 is 0 Å². The third-order valence-corrected chi connectivity index (χ3v) is 3.55. The van der Waals surface area contributed by atoms with Gasteiger partial charge in [0.05, 0.1) is 0 Å². The van der Waals surface area contributed by atoms with E-state index in [1.54, 1.807) is 0 Å². The molecule has 0 saturated carbocycles. The van der Waals surface area contributed by atoms with Crippen molar-refractivity contribution >= 4 is 0 Å². The van der Waals surface area contributed by atoms with Gasteiger partial charge in [-0.3, -0.25) is 4.90 Å². The summed E-state index contributed by atoms with van der Waals surface area (Å²) in [7, 11) is 2.24. The van der Waals surface area contributed by atoms with Crippen molar-refractivity contribution in [1.29, 1.82) is 0 Å². The Labute approximate surface area is 107 Å². The van der Waals surface area contributed by atoms with Gasteiger partial charge in [-0.05, 0) is 38.6 Å². The predicted octanol–water partition coefficient (Wildman–Crippen LogP) is 1.57. The van der Waals surface area contributed by atoms with Crippen LogP contribution >= 0.6 is 0 Å². The maximum absolute atomic E-state index is 4.19. The first-order valence-electron chi connectivity index (χ1n) is 6.97. The second kappa shape index (κ2) is 7.85. The van der Waals surface area contributed by atoms with E-state index in [0.717, 1.165) is 19.6 Å². The van der Waals surface area contributed by atoms with Gasteiger partial charge in [-0.15, -0.1) is 0 Å². The highest BCUT2D eigenvalue weighted by Gasteiger charge is 2.21. The maximum Gasteiger partial charge on any atom is 0.0223 e. The molecule has 17 heavy (non-hydrogen) atoms. The van der Waals surface area contributed by atoms with Gasteiger partial charge in [-0.1, -0.05) is 20.4 Å². The number of nitrogens with one attached hydrogen (secondary N) is 1. The molecule has 1 atom stereocenters. The second-order valence-corrected chi connectivity index (χ2v) is 5.18. The average molecular weight is 239 g/mol. The van der Waals surface area contributed by atoms with Gasteiger partial charge in [-0.25, -0.2) is 0 Å². The SMILES string of the molecule is C=C(CNCC)CN1CCCN(C)CC1CC. The van der Waals surface area contributed by atoms with Crippen molar-refractivity contribution in [2.75, 3.05) is 46.3 Å². The molecule has 0 aromatic carbocycles. The second-order valence-electron chi connectivity index (χ2n) is 5.18. The van der Waals surface area contributed by atoms with Gasteiger partial charge >= 0.3 is 0 Å². The molecule has 100 valence electrons. The number of hydrogen-bond donors (Lipinski definition) is 1. The summed E-state index contributed by atoms with van der Waals surface area (Å²) in [6.45, 7) is 15.3. The molecule has 3 heteroatoms. The van der Waals surface area contributed by atoms with Crippen molar-refractivity contribution < 1.29 is 0 Å². The Morgan fingerprint density at radius 3 is 2.76 bits per heavy atom. The minimum Gasteiger partial charge on any atom is -0.313 e. The average Bonchev–Trinajstić information content (AvgIpc) is 2.48. The van der Waals surface area contributed by atoms with Gasteiger partial charge in [0.2, 0.25) is 0 Å². The van der Waals surface area contributed by atoms with Gasteiger partial charge < -0.3 is 10.2 Å². The Balaban J connectivity index is 2.45. The van der Waals surface area contributed by atoms with Crippen molar-refractivity contribution in [2.45, 2.75) is 32.7 Å². The van der Waals surface area contributed by atoms with Crippen LogP contribution in [0, 0.1) is 0 Å². The summed E-state index contributed by atoms with van der Waals surface area (Å²) in [5.41, 5.74) is 1.31. The number of hydrogen-bond acceptors (Lipinski definition) is 3. The third-order valence-electron chi connectivity index (χ3n) is 3.55. The van der Waals surface area contributed by atoms with E-state index in [1.807, 2.05) is 0 Å². The fraction of sp³-hybridized carbons (Fsp3) is 0.857. The van der Waals surface area contributed by atoms with Crippen molar-refractivity contribution in [3.05, 3.63) is 12.2 Å². The van der Waals surface area contributed by atoms with Crippen molar-refractivity contribution in [1.82, 2.24) is 15.1 Å². The Bertz CT molecular complexity index is 228. The molecule has 0 bridgehead atoms. The van der Waals surface area contributed by atoms with Crippen LogP contribution in [0.2, 0.25) is 0 Å². The van der Waals surface area contributed by atoms with E-state index in [9.17, 15) is 0 Å². The zero-order chi connectivity index (χ0) is 12.7. The van der Waals surface area contributed by atoms with Crippen LogP contribution in [0.4, 0.5) is 0 Å². The fourth-order valence-electron chi connectivity index (χ4n) is 2.53. The monoisotopic (exact) mass is 239 g/mol. The molecule has 0 aliphatic carbocycles. The highest BCUT2D eigenvalue weighted by atomic mass is 15.2. The van der Waals surface area contributed by atoms with E-state index >= 15 is 0 Å². The van der Waals surface area contributed by atoms with Gasteiger partial charge in [0.25, 0.3) is 0 Å². The Morgan fingerprint density at radius 2 is 2.12 bits per heavy atom. The molecule has 3 nitrogen and oxygen atoms in total. The molecule has 1 fully saturated rings. The summed E-state index contributed by atoms with van der Waals surface area (Å²) in [6, 6.07) is 0.695. The van der Waals surface area contributed by atoms with Crippen LogP contribution in [0.3, 0.4) is 0 Å². The van der Waals surface area contributed by atoms with Gasteiger partial charge in [-0.2, -0.15) is 0 Å². The smallest absolute Gasteiger partial charge is 0.0223 e. The first kappa shape index (κ1) is 14.7. The zero-order valence-corrected chi connectivity index (χ0v) is 11.8. The summed E-state index contributed by atoms with van der Waals surface area (Å²) < 4.78 is 0. The lowest BCUT2D eigenvalue weighted by molar-refractivity contribution is 0.196. The topological polar surface area (TPSA) is 18.5 Å². The van der Waals surface area contributed by atoms with Crippen LogP contribution in [-0.4, -0.2) is 62.2 Å². The summed E-state index contributed by atoms with van der Waals surface area (Å²) in [4.78, 5) is 5.07. The van der Waals surface area contributed by atoms with Crippen LogP contribution < -0.4 is 5.32 Å². The molecule has 0 aromatic heterocycles. The number of rotatable bonds is 6. The van der Waals surface area contributed by atoms with Crippen LogP contribution in [0.15, 0.2) is 12.2 Å². The fourth-order valence-corrected chi connectivity index (χ4v) is 2.53. The molecule has 1 N–H and O–H groups in total. The summed E-state index contributed by atoms with van der Waals surface area (Å²) in [6.07, 6.45) is 2.51. The molecule has 1 unspecified atom stereocenters. The van der Waals surface area contributed by atoms with Crippen LogP contribution in [0.5, 0.6) is 0 Å². The molecule has 1 rings (SSSR count). The summed E-state index contributed by atoms with van der Waals surface area (Å²) >= 11 is 0. The first-order chi connectivity index (χ1) is 8.17. The Kier molecular flexibility index (Phi) is 6.78. The largest absolute Gasteiger partial charge is 0.313 e. The molecule has 1 aliphatic rings. The first-order valence-corrected chi connectivity index (χ1v) is 6.97. The van der Waals surface area contributed by atoms with Crippen molar-refractivity contribution in [3.63, 3.8) is 0 Å². The van der Waals surface area contributed by atoms with Crippen LogP contribution in [0.1, 0.15) is 26.7 Å². The molecule has 1 aliphatic heterocycles. The summed E-state index contributed by atoms with van der Waals surface area (Å²) in [5.74, 6) is 0. The van der Waals surface area contributed by atoms with E-state index in [4.69, 9.17) is 0 Å². The van der Waals surface area contributed by atoms with Gasteiger partial charge in [0, 0.05) is 32.2 Å². The van der Waals surface area contributed by atoms with Gasteiger partial charge in [0.15, 0.2) is 0 Å². The van der Waals surface area contributed by atoms with E-state index in [0.29, 0.717) is 6.04 Å². The number of nitrogens with zero attached hydrogens (tertiary/aromatic N) is 2. The van der Waals surface area contributed by atoms with E-state index in [1.165, 1.54) is 38.0 Å². The van der Waals surface area contributed by atoms with E-state index in [-0.39, 0.29) is 0 Å². The van der Waals surface area contributed by atoms with Crippen LogP contribution in [-0.2, 0) is 0 Å². The standard InChI is InChI=1S/C14H29N3/c1-5-14-12-16(4)8-7-9-17(14)11-13(3)10-15-6-2/h14-15H,3,5-12H2,1-2,4H3. The van der Waals surface area contributed by atoms with E-state index in [2.05, 4.69) is 42.6 Å². The Morgan fingerprint density at radius 1 is 1.35 bits per heavy atom. The molecule has 0 amide bonds. The molecule has 1 heterocycles. The molecular formula is C14H29N3. The normalized spacial score (nSPS) is 23.6. The van der Waals surface area contributed by atoms with Crippen molar-refractivity contribution in [3.8, 4) is 0 Å². The number of likely N-dealkylation sites (N-methyl/N-ethyl adjacent to an activating group) is 2. The highest BCUT2D eigenvalue weighted by molar-refractivity contribution is 5.01. The minimum atomic E-state index is 0.695. The molecular weight excluding hydrogens is 210 g/mol. The quantitative estimate of drug-likeness (QED) is 0.710. The highest BCUT2D eigenvalue weighted by Crippen LogP contribution is 2.13. The molecule has 0 spiro atoms. The molecule has 1 saturated heterocycles. The molecule has 0 aromatic rings. The van der Waals surface area contributed by atoms with Crippen LogP contribution in [0.25, 0.3) is 0 Å². The lowest BCUT2D eigenvalue weighted by Crippen LogP contribution is -2.41. The zero-order valence-electron chi connectivity index (χ0n) is 11.8.